The minimum atomic E-state index is 0.443. The second-order valence-corrected chi connectivity index (χ2v) is 4.77. The van der Waals surface area contributed by atoms with Crippen molar-refractivity contribution in [3.8, 4) is 0 Å². The van der Waals surface area contributed by atoms with Crippen LogP contribution in [-0.4, -0.2) is 20.5 Å². The van der Waals surface area contributed by atoms with Crippen LogP contribution in [0.15, 0.2) is 16.8 Å². The third-order valence-corrected chi connectivity index (χ3v) is 3.56. The van der Waals surface area contributed by atoms with Crippen molar-refractivity contribution in [2.45, 2.75) is 38.4 Å². The number of thioether (sulfide) groups is 1. The maximum Gasteiger partial charge on any atom is 0.190 e. The summed E-state index contributed by atoms with van der Waals surface area (Å²) in [6, 6.07) is 0. The van der Waals surface area contributed by atoms with Crippen molar-refractivity contribution in [3.63, 3.8) is 0 Å². The molecule has 1 rings (SSSR count). The molecular formula is C11H20N4S. The van der Waals surface area contributed by atoms with Gasteiger partial charge in [-0.25, -0.2) is 0 Å². The molecule has 0 unspecified atom stereocenters. The van der Waals surface area contributed by atoms with Gasteiger partial charge in [0.25, 0.3) is 0 Å². The summed E-state index contributed by atoms with van der Waals surface area (Å²) in [5, 5.41) is 9.06. The van der Waals surface area contributed by atoms with Crippen LogP contribution in [0.2, 0.25) is 0 Å². The van der Waals surface area contributed by atoms with Crippen molar-refractivity contribution in [2.75, 3.05) is 5.75 Å². The fourth-order valence-electron chi connectivity index (χ4n) is 1.25. The van der Waals surface area contributed by atoms with E-state index in [2.05, 4.69) is 30.1 Å². The predicted octanol–water partition coefficient (Wildman–Crippen LogP) is 2.11. The van der Waals surface area contributed by atoms with E-state index in [9.17, 15) is 0 Å². The SMILES string of the molecule is CCC(C)=CCCSc1nnc(CN)n1C. The van der Waals surface area contributed by atoms with Crippen LogP contribution in [0.25, 0.3) is 0 Å². The Morgan fingerprint density at radius 3 is 2.81 bits per heavy atom. The van der Waals surface area contributed by atoms with Gasteiger partial charge in [-0.2, -0.15) is 0 Å². The van der Waals surface area contributed by atoms with Crippen molar-refractivity contribution in [3.05, 3.63) is 17.5 Å². The molecule has 0 aliphatic carbocycles. The third-order valence-electron chi connectivity index (χ3n) is 2.51. The Kier molecular flexibility index (Phi) is 5.55. The Morgan fingerprint density at radius 1 is 1.50 bits per heavy atom. The molecule has 0 bridgehead atoms. The zero-order valence-corrected chi connectivity index (χ0v) is 11.0. The molecule has 0 saturated carbocycles. The molecule has 0 radical (unpaired) electrons. The highest BCUT2D eigenvalue weighted by atomic mass is 32.2. The lowest BCUT2D eigenvalue weighted by Crippen LogP contribution is -2.05. The van der Waals surface area contributed by atoms with E-state index in [1.165, 1.54) is 5.57 Å². The molecule has 0 aliphatic rings. The summed E-state index contributed by atoms with van der Waals surface area (Å²) in [5.41, 5.74) is 6.98. The Labute approximate surface area is 101 Å². The van der Waals surface area contributed by atoms with Gasteiger partial charge in [0.05, 0.1) is 6.54 Å². The maximum atomic E-state index is 5.53. The Morgan fingerprint density at radius 2 is 2.25 bits per heavy atom. The summed E-state index contributed by atoms with van der Waals surface area (Å²) < 4.78 is 1.96. The van der Waals surface area contributed by atoms with E-state index in [-0.39, 0.29) is 0 Å². The van der Waals surface area contributed by atoms with E-state index >= 15 is 0 Å². The van der Waals surface area contributed by atoms with Crippen molar-refractivity contribution in [1.82, 2.24) is 14.8 Å². The smallest absolute Gasteiger partial charge is 0.190 e. The van der Waals surface area contributed by atoms with Gasteiger partial charge < -0.3 is 10.3 Å². The quantitative estimate of drug-likeness (QED) is 0.470. The number of nitrogens with two attached hydrogens (primary N) is 1. The minimum absolute atomic E-state index is 0.443. The van der Waals surface area contributed by atoms with Gasteiger partial charge in [-0.15, -0.1) is 10.2 Å². The number of aromatic nitrogens is 3. The Balaban J connectivity index is 2.40. The van der Waals surface area contributed by atoms with Crippen LogP contribution in [0.3, 0.4) is 0 Å². The lowest BCUT2D eigenvalue weighted by molar-refractivity contribution is 0.734. The van der Waals surface area contributed by atoms with Gasteiger partial charge in [0.1, 0.15) is 5.82 Å². The lowest BCUT2D eigenvalue weighted by atomic mass is 10.2. The Bertz CT molecular complexity index is 357. The molecule has 0 fully saturated rings. The molecule has 2 N–H and O–H groups in total. The molecule has 1 heterocycles. The summed E-state index contributed by atoms with van der Waals surface area (Å²) in [6.07, 6.45) is 4.49. The van der Waals surface area contributed by atoms with Crippen LogP contribution >= 0.6 is 11.8 Å². The zero-order valence-electron chi connectivity index (χ0n) is 10.2. The normalized spacial score (nSPS) is 12.1. The summed E-state index contributed by atoms with van der Waals surface area (Å²) >= 11 is 1.72. The van der Waals surface area contributed by atoms with Crippen LogP contribution in [0.1, 0.15) is 32.5 Å². The van der Waals surface area contributed by atoms with E-state index in [4.69, 9.17) is 5.73 Å². The minimum Gasteiger partial charge on any atom is -0.324 e. The first kappa shape index (κ1) is 13.3. The largest absolute Gasteiger partial charge is 0.324 e. The molecule has 0 aliphatic heterocycles. The molecular weight excluding hydrogens is 220 g/mol. The number of nitrogens with zero attached hydrogens (tertiary/aromatic N) is 3. The fourth-order valence-corrected chi connectivity index (χ4v) is 2.06. The summed E-state index contributed by atoms with van der Waals surface area (Å²) in [7, 11) is 1.96. The molecule has 0 saturated heterocycles. The molecule has 4 nitrogen and oxygen atoms in total. The Hall–Kier alpha value is -0.810. The average Bonchev–Trinajstić information content (AvgIpc) is 2.65. The number of rotatable bonds is 6. The first-order valence-corrected chi connectivity index (χ1v) is 6.54. The molecule has 0 amide bonds. The molecule has 90 valence electrons. The maximum absolute atomic E-state index is 5.53. The van der Waals surface area contributed by atoms with Gasteiger partial charge in [-0.05, 0) is 19.8 Å². The second kappa shape index (κ2) is 6.70. The highest BCUT2D eigenvalue weighted by Gasteiger charge is 2.06. The highest BCUT2D eigenvalue weighted by molar-refractivity contribution is 7.99. The second-order valence-electron chi connectivity index (χ2n) is 3.70. The van der Waals surface area contributed by atoms with Crippen LogP contribution in [0.5, 0.6) is 0 Å². The average molecular weight is 240 g/mol. The molecule has 1 aromatic rings. The van der Waals surface area contributed by atoms with Gasteiger partial charge in [0.15, 0.2) is 5.16 Å². The predicted molar refractivity (Wildman–Crippen MR) is 68.3 cm³/mol. The lowest BCUT2D eigenvalue weighted by Gasteiger charge is -2.01. The summed E-state index contributed by atoms with van der Waals surface area (Å²) in [5.74, 6) is 1.87. The van der Waals surface area contributed by atoms with Crippen molar-refractivity contribution in [2.24, 2.45) is 12.8 Å². The number of hydrogen-bond acceptors (Lipinski definition) is 4. The molecule has 5 heteroatoms. The van der Waals surface area contributed by atoms with Gasteiger partial charge in [-0.3, -0.25) is 0 Å². The van der Waals surface area contributed by atoms with E-state index in [1.54, 1.807) is 11.8 Å². The highest BCUT2D eigenvalue weighted by Crippen LogP contribution is 2.17. The van der Waals surface area contributed by atoms with E-state index in [1.807, 2.05) is 11.6 Å². The van der Waals surface area contributed by atoms with Gasteiger partial charge in [0.2, 0.25) is 0 Å². The summed E-state index contributed by atoms with van der Waals surface area (Å²) in [4.78, 5) is 0. The van der Waals surface area contributed by atoms with Gasteiger partial charge in [-0.1, -0.05) is 30.3 Å². The van der Waals surface area contributed by atoms with Crippen molar-refractivity contribution >= 4 is 11.8 Å². The fraction of sp³-hybridized carbons (Fsp3) is 0.636. The van der Waals surface area contributed by atoms with Crippen LogP contribution in [0, 0.1) is 0 Å². The van der Waals surface area contributed by atoms with E-state index in [0.29, 0.717) is 6.54 Å². The standard InChI is InChI=1S/C11H20N4S/c1-4-9(2)6-5-7-16-11-14-13-10(8-12)15(11)3/h6H,4-5,7-8,12H2,1-3H3. The number of hydrogen-bond donors (Lipinski definition) is 1. The first-order valence-electron chi connectivity index (χ1n) is 5.55. The molecule has 16 heavy (non-hydrogen) atoms. The van der Waals surface area contributed by atoms with Crippen LogP contribution < -0.4 is 5.73 Å². The van der Waals surface area contributed by atoms with Crippen LogP contribution in [0.4, 0.5) is 0 Å². The van der Waals surface area contributed by atoms with E-state index in [0.717, 1.165) is 29.6 Å². The van der Waals surface area contributed by atoms with Crippen molar-refractivity contribution < 1.29 is 0 Å². The molecule has 0 spiro atoms. The molecule has 0 atom stereocenters. The zero-order chi connectivity index (χ0) is 12.0. The topological polar surface area (TPSA) is 56.7 Å². The van der Waals surface area contributed by atoms with Crippen molar-refractivity contribution in [1.29, 1.82) is 0 Å². The third kappa shape index (κ3) is 3.64. The molecule has 0 aromatic carbocycles. The van der Waals surface area contributed by atoms with E-state index < -0.39 is 0 Å². The monoisotopic (exact) mass is 240 g/mol. The van der Waals surface area contributed by atoms with Crippen LogP contribution in [-0.2, 0) is 13.6 Å². The molecule has 1 aromatic heterocycles. The number of allylic oxidation sites excluding steroid dienone is 2. The van der Waals surface area contributed by atoms with Gasteiger partial charge in [0, 0.05) is 12.8 Å². The first-order chi connectivity index (χ1) is 7.69. The summed E-state index contributed by atoms with van der Waals surface area (Å²) in [6.45, 7) is 4.79. The van der Waals surface area contributed by atoms with Gasteiger partial charge >= 0.3 is 0 Å².